The summed E-state index contributed by atoms with van der Waals surface area (Å²) in [5.74, 6) is 0.0818. The van der Waals surface area contributed by atoms with Crippen molar-refractivity contribution in [2.24, 2.45) is 0 Å². The van der Waals surface area contributed by atoms with Crippen molar-refractivity contribution >= 4 is 68.1 Å². The predicted molar refractivity (Wildman–Crippen MR) is 256 cm³/mol. The van der Waals surface area contributed by atoms with E-state index < -0.39 is 0 Å². The summed E-state index contributed by atoms with van der Waals surface area (Å²) in [6, 6.07) is 13.5. The van der Waals surface area contributed by atoms with Gasteiger partial charge in [-0.25, -0.2) is 0 Å². The Kier molecular flexibility index (Phi) is 17.2. The fraction of sp³-hybridized carbons (Fsp3) is 0.600. The first kappa shape index (κ1) is 45.1. The average Bonchev–Trinajstić information content (AvgIpc) is 3.50. The lowest BCUT2D eigenvalue weighted by atomic mass is 9.77. The number of anilines is 1. The summed E-state index contributed by atoms with van der Waals surface area (Å²) >= 11 is 4.82. The average molecular weight is 986 g/mol. The number of fused-ring (bicyclic) bond motifs is 2. The Morgan fingerprint density at radius 1 is 0.643 bits per heavy atom. The van der Waals surface area contributed by atoms with Crippen molar-refractivity contribution < 1.29 is 14.5 Å². The molecule has 6 heteroatoms. The summed E-state index contributed by atoms with van der Waals surface area (Å²) in [4.78, 5) is 16.6. The highest BCUT2D eigenvalue weighted by Gasteiger charge is 2.47. The van der Waals surface area contributed by atoms with E-state index in [1.54, 1.807) is 0 Å². The molecule has 1 N–H and O–H groups in total. The summed E-state index contributed by atoms with van der Waals surface area (Å²) < 4.78 is 4.87. The Balaban J connectivity index is 1.33. The molecule has 0 spiro atoms. The number of hydrogen-bond acceptors (Lipinski definition) is 3. The molecule has 2 aromatic rings. The standard InChI is InChI=1S/C50H70I2N2O2/c1-7-9-11-13-15-17-19-21-23-25-31-53-43-29-27-37(51)33-41(43)49(3,4)45(53)35-39-47(55)40(48(39)56)36-46-50(5,6)42-34-38(52)28-30-44(42)54(46)32-26-24-22-20-18-16-14-12-10-8-2/h27-30,33-36H,7-26,31-32H2,1-6H3/p+1. The number of halogens is 2. The second kappa shape index (κ2) is 21.4. The minimum atomic E-state index is -0.283. The van der Waals surface area contributed by atoms with E-state index in [9.17, 15) is 9.90 Å². The molecule has 0 bridgehead atoms. The molecule has 4 nitrogen and oxygen atoms in total. The van der Waals surface area contributed by atoms with Crippen LogP contribution in [0.25, 0.3) is 0 Å². The zero-order valence-corrected chi connectivity index (χ0v) is 40.0. The molecule has 0 fully saturated rings. The van der Waals surface area contributed by atoms with Crippen molar-refractivity contribution in [3.8, 4) is 0 Å². The van der Waals surface area contributed by atoms with E-state index in [2.05, 4.69) is 133 Å². The molecule has 1 aliphatic carbocycles. The maximum Gasteiger partial charge on any atom is 0.209 e. The Bertz CT molecular complexity index is 1800. The summed E-state index contributed by atoms with van der Waals surface area (Å²) in [6.07, 6.45) is 30.1. The van der Waals surface area contributed by atoms with Crippen LogP contribution in [0.4, 0.5) is 11.4 Å². The van der Waals surface area contributed by atoms with E-state index in [-0.39, 0.29) is 22.4 Å². The number of carbonyl (C=O) groups excluding carboxylic acids is 1. The number of aliphatic hydroxyl groups excluding tert-OH is 1. The van der Waals surface area contributed by atoms with Crippen molar-refractivity contribution in [2.45, 2.75) is 181 Å². The highest BCUT2D eigenvalue weighted by atomic mass is 127. The Labute approximate surface area is 368 Å². The molecule has 2 aliphatic heterocycles. The maximum absolute atomic E-state index is 14.1. The van der Waals surface area contributed by atoms with Gasteiger partial charge in [0.05, 0.1) is 16.6 Å². The second-order valence-corrected chi connectivity index (χ2v) is 20.3. The normalized spacial score (nSPS) is 18.4. The van der Waals surface area contributed by atoms with Gasteiger partial charge in [-0.2, -0.15) is 4.58 Å². The first-order chi connectivity index (χ1) is 26.9. The number of ketones is 1. The van der Waals surface area contributed by atoms with Crippen LogP contribution in [0.15, 0.2) is 71.2 Å². The van der Waals surface area contributed by atoms with Gasteiger partial charge in [-0.1, -0.05) is 137 Å². The summed E-state index contributed by atoms with van der Waals surface area (Å²) in [7, 11) is 0. The molecule has 0 unspecified atom stereocenters. The third kappa shape index (κ3) is 10.8. The van der Waals surface area contributed by atoms with Crippen molar-refractivity contribution in [1.29, 1.82) is 0 Å². The zero-order valence-electron chi connectivity index (χ0n) is 35.7. The molecule has 0 saturated heterocycles. The van der Waals surface area contributed by atoms with Gasteiger partial charge in [-0.15, -0.1) is 0 Å². The Morgan fingerprint density at radius 2 is 1.14 bits per heavy atom. The van der Waals surface area contributed by atoms with Gasteiger partial charge in [-0.3, -0.25) is 4.79 Å². The first-order valence-corrected chi connectivity index (χ1v) is 24.5. The molecule has 0 atom stereocenters. The number of carbonyl (C=O) groups is 1. The van der Waals surface area contributed by atoms with E-state index in [1.165, 1.54) is 145 Å². The molecular weight excluding hydrogens is 914 g/mol. The number of aliphatic hydroxyl groups is 1. The zero-order chi connectivity index (χ0) is 40.3. The maximum atomic E-state index is 14.1. The molecule has 0 aromatic heterocycles. The quantitative estimate of drug-likeness (QED) is 0.0493. The monoisotopic (exact) mass is 985 g/mol. The summed E-state index contributed by atoms with van der Waals surface area (Å²) in [5, 5.41) is 11.7. The molecule has 306 valence electrons. The van der Waals surface area contributed by atoms with Gasteiger partial charge in [0.15, 0.2) is 5.71 Å². The van der Waals surface area contributed by atoms with Gasteiger partial charge >= 0.3 is 0 Å². The van der Waals surface area contributed by atoms with Crippen LogP contribution in [0.5, 0.6) is 0 Å². The molecule has 3 aliphatic rings. The van der Waals surface area contributed by atoms with Crippen LogP contribution in [0, 0.1) is 7.14 Å². The van der Waals surface area contributed by atoms with E-state index in [0.717, 1.165) is 37.3 Å². The van der Waals surface area contributed by atoms with E-state index >= 15 is 0 Å². The molecular formula is C50H71I2N2O2+. The number of benzene rings is 2. The van der Waals surface area contributed by atoms with Crippen molar-refractivity contribution in [1.82, 2.24) is 0 Å². The molecule has 2 aromatic carbocycles. The number of Topliss-reactive ketones (excluding diaryl/α,β-unsaturated/α-hetero) is 1. The van der Waals surface area contributed by atoms with Crippen LogP contribution in [-0.2, 0) is 15.6 Å². The lowest BCUT2D eigenvalue weighted by Gasteiger charge is -2.29. The minimum Gasteiger partial charge on any atom is -0.506 e. The third-order valence-corrected chi connectivity index (χ3v) is 14.1. The van der Waals surface area contributed by atoms with Crippen molar-refractivity contribution in [3.63, 3.8) is 0 Å². The van der Waals surface area contributed by atoms with E-state index in [1.807, 2.05) is 12.2 Å². The Hall–Kier alpha value is -1.94. The predicted octanol–water partition coefficient (Wildman–Crippen LogP) is 15.1. The molecule has 5 rings (SSSR count). The number of hydrogen-bond donors (Lipinski definition) is 1. The van der Waals surface area contributed by atoms with Gasteiger partial charge in [0, 0.05) is 54.6 Å². The highest BCUT2D eigenvalue weighted by molar-refractivity contribution is 14.1. The molecule has 0 saturated carbocycles. The number of rotatable bonds is 24. The molecule has 0 amide bonds. The van der Waals surface area contributed by atoms with Crippen LogP contribution >= 0.6 is 45.2 Å². The van der Waals surface area contributed by atoms with Gasteiger partial charge in [-0.05, 0) is 114 Å². The topological polar surface area (TPSA) is 43.5 Å². The number of unbranched alkanes of at least 4 members (excludes halogenated alkanes) is 18. The van der Waals surface area contributed by atoms with E-state index in [0.29, 0.717) is 11.1 Å². The van der Waals surface area contributed by atoms with Crippen molar-refractivity contribution in [3.05, 3.63) is 89.4 Å². The van der Waals surface area contributed by atoms with E-state index in [4.69, 9.17) is 0 Å². The van der Waals surface area contributed by atoms with Crippen LogP contribution in [0.2, 0.25) is 0 Å². The van der Waals surface area contributed by atoms with Crippen LogP contribution in [-0.4, -0.2) is 34.3 Å². The first-order valence-electron chi connectivity index (χ1n) is 22.4. The summed E-state index contributed by atoms with van der Waals surface area (Å²) in [5.41, 5.74) is 7.60. The minimum absolute atomic E-state index is 0.0528. The number of allylic oxidation sites excluding steroid dienone is 5. The smallest absolute Gasteiger partial charge is 0.209 e. The van der Waals surface area contributed by atoms with Gasteiger partial charge in [0.2, 0.25) is 11.5 Å². The lowest BCUT2D eigenvalue weighted by molar-refractivity contribution is -0.438. The van der Waals surface area contributed by atoms with Crippen molar-refractivity contribution in [2.75, 3.05) is 18.0 Å². The lowest BCUT2D eigenvalue weighted by Crippen LogP contribution is -2.32. The van der Waals surface area contributed by atoms with Gasteiger partial charge in [0.25, 0.3) is 0 Å². The third-order valence-electron chi connectivity index (χ3n) is 12.7. The van der Waals surface area contributed by atoms with Crippen LogP contribution in [0.1, 0.15) is 181 Å². The molecule has 2 heterocycles. The summed E-state index contributed by atoms with van der Waals surface area (Å²) in [6.45, 7) is 15.5. The highest BCUT2D eigenvalue weighted by Crippen LogP contribution is 2.50. The van der Waals surface area contributed by atoms with Gasteiger partial charge < -0.3 is 10.0 Å². The molecule has 56 heavy (non-hydrogen) atoms. The SMILES string of the molecule is CCCCCCCCCCCCN1/C(=C/C2=C(O)C(=C\C3=[N+](CCCCCCCCCCCC)c4ccc(I)cc4C3(C)C)/C2=O)C(C)(C)c2cc(I)ccc21. The number of nitrogens with zero attached hydrogens (tertiary/aromatic N) is 2. The fourth-order valence-electron chi connectivity index (χ4n) is 9.20. The molecule has 0 radical (unpaired) electrons. The van der Waals surface area contributed by atoms with Gasteiger partial charge in [0.1, 0.15) is 12.3 Å². The second-order valence-electron chi connectivity index (χ2n) is 17.8. The van der Waals surface area contributed by atoms with Crippen LogP contribution in [0.3, 0.4) is 0 Å². The Morgan fingerprint density at radius 3 is 1.70 bits per heavy atom. The van der Waals surface area contributed by atoms with Crippen LogP contribution < -0.4 is 4.90 Å². The largest absolute Gasteiger partial charge is 0.506 e. The fourth-order valence-corrected chi connectivity index (χ4v) is 10.2.